The summed E-state index contributed by atoms with van der Waals surface area (Å²) in [5.74, 6) is 0.0332. The summed E-state index contributed by atoms with van der Waals surface area (Å²) in [5, 5.41) is 9.08. The molecule has 0 saturated carbocycles. The Morgan fingerprint density at radius 1 is 1.32 bits per heavy atom. The predicted octanol–water partition coefficient (Wildman–Crippen LogP) is 2.60. The van der Waals surface area contributed by atoms with Crippen molar-refractivity contribution in [3.8, 4) is 17.0 Å². The third kappa shape index (κ3) is 2.14. The predicted molar refractivity (Wildman–Crippen MR) is 83.3 cm³/mol. The number of carboxylic acid groups (broad SMARTS) is 1. The number of imidazole rings is 1. The van der Waals surface area contributed by atoms with Crippen LogP contribution >= 0.6 is 0 Å². The maximum atomic E-state index is 11.1. The number of hydrogen-bond donors (Lipinski definition) is 2. The first-order valence-electron chi connectivity index (χ1n) is 6.67. The van der Waals surface area contributed by atoms with E-state index in [4.69, 9.17) is 15.6 Å². The molecule has 22 heavy (non-hydrogen) atoms. The molecule has 6 nitrogen and oxygen atoms in total. The highest BCUT2D eigenvalue weighted by molar-refractivity contribution is 5.88. The molecule has 0 aliphatic rings. The summed E-state index contributed by atoms with van der Waals surface area (Å²) >= 11 is 0. The van der Waals surface area contributed by atoms with Crippen LogP contribution in [0.1, 0.15) is 15.9 Å². The van der Waals surface area contributed by atoms with Crippen molar-refractivity contribution in [3.63, 3.8) is 0 Å². The number of rotatable bonds is 3. The molecule has 1 aromatic carbocycles. The van der Waals surface area contributed by atoms with Crippen LogP contribution in [-0.2, 0) is 0 Å². The minimum absolute atomic E-state index is 0.152. The number of hydrogen-bond acceptors (Lipinski definition) is 4. The second-order valence-electron chi connectivity index (χ2n) is 5.00. The molecule has 0 bridgehead atoms. The van der Waals surface area contributed by atoms with Gasteiger partial charge in [0.15, 0.2) is 0 Å². The van der Waals surface area contributed by atoms with Crippen LogP contribution in [-0.4, -0.2) is 27.6 Å². The van der Waals surface area contributed by atoms with E-state index < -0.39 is 5.97 Å². The normalized spacial score (nSPS) is 10.8. The summed E-state index contributed by atoms with van der Waals surface area (Å²) in [7, 11) is 1.59. The van der Waals surface area contributed by atoms with E-state index >= 15 is 0 Å². The van der Waals surface area contributed by atoms with Crippen LogP contribution < -0.4 is 10.5 Å². The van der Waals surface area contributed by atoms with Gasteiger partial charge in [0.1, 0.15) is 22.9 Å². The molecule has 3 aromatic rings. The minimum Gasteiger partial charge on any atom is -0.496 e. The third-order valence-electron chi connectivity index (χ3n) is 3.51. The van der Waals surface area contributed by atoms with Crippen molar-refractivity contribution in [1.29, 1.82) is 0 Å². The fraction of sp³-hybridized carbons (Fsp3) is 0.125. The number of aromatic nitrogens is 2. The van der Waals surface area contributed by atoms with Crippen molar-refractivity contribution in [3.05, 3.63) is 47.7 Å². The molecule has 0 radical (unpaired) electrons. The number of anilines is 1. The molecular weight excluding hydrogens is 282 g/mol. The highest BCUT2D eigenvalue weighted by Gasteiger charge is 2.16. The first kappa shape index (κ1) is 13.9. The van der Waals surface area contributed by atoms with Gasteiger partial charge in [-0.1, -0.05) is 11.6 Å². The Kier molecular flexibility index (Phi) is 3.21. The Morgan fingerprint density at radius 2 is 2.09 bits per heavy atom. The van der Waals surface area contributed by atoms with E-state index in [2.05, 4.69) is 4.98 Å². The van der Waals surface area contributed by atoms with Crippen LogP contribution in [0.15, 0.2) is 36.5 Å². The minimum atomic E-state index is -1.01. The largest absolute Gasteiger partial charge is 0.496 e. The van der Waals surface area contributed by atoms with Gasteiger partial charge in [0.2, 0.25) is 0 Å². The van der Waals surface area contributed by atoms with E-state index in [1.807, 2.05) is 25.1 Å². The zero-order chi connectivity index (χ0) is 15.9. The van der Waals surface area contributed by atoms with Crippen molar-refractivity contribution in [1.82, 2.24) is 9.38 Å². The lowest BCUT2D eigenvalue weighted by Crippen LogP contribution is -2.01. The zero-order valence-corrected chi connectivity index (χ0v) is 12.2. The maximum Gasteiger partial charge on any atom is 0.337 e. The van der Waals surface area contributed by atoms with Crippen molar-refractivity contribution in [2.45, 2.75) is 6.92 Å². The van der Waals surface area contributed by atoms with Gasteiger partial charge in [0.05, 0.1) is 12.7 Å². The van der Waals surface area contributed by atoms with Crippen LogP contribution in [0.25, 0.3) is 16.9 Å². The van der Waals surface area contributed by atoms with Gasteiger partial charge in [-0.05, 0) is 31.2 Å². The molecule has 0 atom stereocenters. The SMILES string of the molecule is COc1ccc(C)cc1-c1nc2ccc(C(=O)O)cn2c1N. The topological polar surface area (TPSA) is 89.8 Å². The van der Waals surface area contributed by atoms with Crippen molar-refractivity contribution in [2.75, 3.05) is 12.8 Å². The lowest BCUT2D eigenvalue weighted by molar-refractivity contribution is 0.0696. The van der Waals surface area contributed by atoms with Gasteiger partial charge in [-0.15, -0.1) is 0 Å². The van der Waals surface area contributed by atoms with Gasteiger partial charge in [-0.25, -0.2) is 9.78 Å². The van der Waals surface area contributed by atoms with Crippen molar-refractivity contribution < 1.29 is 14.6 Å². The molecular formula is C16H15N3O3. The molecule has 0 saturated heterocycles. The van der Waals surface area contributed by atoms with E-state index in [9.17, 15) is 4.79 Å². The molecule has 0 aliphatic carbocycles. The quantitative estimate of drug-likeness (QED) is 0.775. The number of fused-ring (bicyclic) bond motifs is 1. The molecule has 2 aromatic heterocycles. The lowest BCUT2D eigenvalue weighted by Gasteiger charge is -2.08. The van der Waals surface area contributed by atoms with E-state index in [1.54, 1.807) is 17.6 Å². The van der Waals surface area contributed by atoms with E-state index in [-0.39, 0.29) is 5.56 Å². The molecule has 6 heteroatoms. The number of pyridine rings is 1. The summed E-state index contributed by atoms with van der Waals surface area (Å²) in [6, 6.07) is 8.87. The molecule has 0 spiro atoms. The highest BCUT2D eigenvalue weighted by Crippen LogP contribution is 2.34. The highest BCUT2D eigenvalue weighted by atomic mass is 16.5. The first-order chi connectivity index (χ1) is 10.5. The molecule has 0 amide bonds. The number of benzene rings is 1. The average molecular weight is 297 g/mol. The smallest absolute Gasteiger partial charge is 0.337 e. The zero-order valence-electron chi connectivity index (χ0n) is 12.2. The van der Waals surface area contributed by atoms with Gasteiger partial charge in [0, 0.05) is 11.8 Å². The van der Waals surface area contributed by atoms with Gasteiger partial charge in [-0.3, -0.25) is 4.40 Å². The monoisotopic (exact) mass is 297 g/mol. The van der Waals surface area contributed by atoms with Gasteiger partial charge in [-0.2, -0.15) is 0 Å². The van der Waals surface area contributed by atoms with E-state index in [1.165, 1.54) is 12.3 Å². The lowest BCUT2D eigenvalue weighted by atomic mass is 10.1. The summed E-state index contributed by atoms with van der Waals surface area (Å²) in [6.07, 6.45) is 1.46. The molecule has 3 N–H and O–H groups in total. The molecule has 3 rings (SSSR count). The Bertz CT molecular complexity index is 884. The fourth-order valence-corrected chi connectivity index (χ4v) is 2.39. The molecule has 112 valence electrons. The number of aryl methyl sites for hydroxylation is 1. The first-order valence-corrected chi connectivity index (χ1v) is 6.67. The molecule has 0 unspecified atom stereocenters. The number of ether oxygens (including phenoxy) is 1. The number of nitrogen functional groups attached to an aromatic ring is 1. The van der Waals surface area contributed by atoms with Crippen molar-refractivity contribution >= 4 is 17.4 Å². The summed E-state index contributed by atoms with van der Waals surface area (Å²) < 4.78 is 6.94. The van der Waals surface area contributed by atoms with E-state index in [0.29, 0.717) is 22.9 Å². The number of carbonyl (C=O) groups is 1. The molecule has 0 aliphatic heterocycles. The van der Waals surface area contributed by atoms with Gasteiger partial charge < -0.3 is 15.6 Å². The van der Waals surface area contributed by atoms with Crippen molar-refractivity contribution in [2.24, 2.45) is 0 Å². The number of nitrogens with zero attached hydrogens (tertiary/aromatic N) is 2. The second kappa shape index (κ2) is 5.07. The summed E-state index contributed by atoms with van der Waals surface area (Å²) in [5.41, 5.74) is 9.31. The number of nitrogens with two attached hydrogens (primary N) is 1. The Morgan fingerprint density at radius 3 is 2.77 bits per heavy atom. The second-order valence-corrected chi connectivity index (χ2v) is 5.00. The van der Waals surface area contributed by atoms with Crippen LogP contribution in [0.4, 0.5) is 5.82 Å². The van der Waals surface area contributed by atoms with E-state index in [0.717, 1.165) is 11.1 Å². The maximum absolute atomic E-state index is 11.1. The van der Waals surface area contributed by atoms with Gasteiger partial charge in [0.25, 0.3) is 0 Å². The third-order valence-corrected chi connectivity index (χ3v) is 3.51. The fourth-order valence-electron chi connectivity index (χ4n) is 2.39. The Labute approximate surface area is 126 Å². The molecule has 0 fully saturated rings. The summed E-state index contributed by atoms with van der Waals surface area (Å²) in [6.45, 7) is 1.97. The Balaban J connectivity index is 2.26. The molecule has 2 heterocycles. The number of aromatic carboxylic acids is 1. The van der Waals surface area contributed by atoms with Crippen LogP contribution in [0.2, 0.25) is 0 Å². The Hall–Kier alpha value is -3.02. The number of methoxy groups -OCH3 is 1. The van der Waals surface area contributed by atoms with Crippen LogP contribution in [0, 0.1) is 6.92 Å². The van der Waals surface area contributed by atoms with Crippen LogP contribution in [0.3, 0.4) is 0 Å². The average Bonchev–Trinajstić information content (AvgIpc) is 2.83. The number of carboxylic acids is 1. The van der Waals surface area contributed by atoms with Gasteiger partial charge >= 0.3 is 5.97 Å². The summed E-state index contributed by atoms with van der Waals surface area (Å²) in [4.78, 5) is 15.6. The standard InChI is InChI=1S/C16H15N3O3/c1-9-3-5-12(22-2)11(7-9)14-15(17)19-8-10(16(20)21)4-6-13(19)18-14/h3-8H,17H2,1-2H3,(H,20,21). The van der Waals surface area contributed by atoms with Crippen LogP contribution in [0.5, 0.6) is 5.75 Å².